The molecule has 0 unspecified atom stereocenters. The largest absolute Gasteiger partial charge is 0.485 e. The Hall–Kier alpha value is -3.10. The maximum Gasteiger partial charge on any atom is 0.234 e. The van der Waals surface area contributed by atoms with Crippen molar-refractivity contribution in [1.82, 2.24) is 14.8 Å². The van der Waals surface area contributed by atoms with Gasteiger partial charge in [-0.05, 0) is 61.9 Å². The van der Waals surface area contributed by atoms with Crippen molar-refractivity contribution in [2.75, 3.05) is 11.1 Å². The average molecular weight is 471 g/mol. The van der Waals surface area contributed by atoms with Crippen molar-refractivity contribution in [3.63, 3.8) is 0 Å². The number of aryl methyl sites for hydroxylation is 1. The van der Waals surface area contributed by atoms with Gasteiger partial charge in [0.2, 0.25) is 5.91 Å². The molecule has 0 saturated carbocycles. The van der Waals surface area contributed by atoms with Gasteiger partial charge in [0.15, 0.2) is 16.8 Å². The molecule has 32 heavy (non-hydrogen) atoms. The molecule has 0 atom stereocenters. The maximum absolute atomic E-state index is 12.3. The normalized spacial score (nSPS) is 10.6. The summed E-state index contributed by atoms with van der Waals surface area (Å²) < 4.78 is 7.74. The number of rotatable bonds is 10. The number of aromatic nitrogens is 3. The van der Waals surface area contributed by atoms with E-state index < -0.39 is 0 Å². The SMILES string of the molecule is C=CCn1c(COc2ccc(Cl)cc2C)nnc1SCC(=O)Nc1ccc(C(C)=O)cc1. The number of carbonyl (C=O) groups is 2. The zero-order valence-corrected chi connectivity index (χ0v) is 19.4. The van der Waals surface area contributed by atoms with Crippen LogP contribution in [0.1, 0.15) is 28.7 Å². The van der Waals surface area contributed by atoms with Gasteiger partial charge in [0.05, 0.1) is 5.75 Å². The molecule has 0 saturated heterocycles. The quantitative estimate of drug-likeness (QED) is 0.256. The lowest BCUT2D eigenvalue weighted by Gasteiger charge is -2.11. The Morgan fingerprint density at radius 3 is 2.62 bits per heavy atom. The Morgan fingerprint density at radius 1 is 1.22 bits per heavy atom. The average Bonchev–Trinajstić information content (AvgIpc) is 3.14. The van der Waals surface area contributed by atoms with Crippen LogP contribution in [0.5, 0.6) is 5.75 Å². The molecule has 0 aliphatic rings. The molecule has 2 aromatic carbocycles. The molecule has 0 radical (unpaired) electrons. The van der Waals surface area contributed by atoms with Gasteiger partial charge >= 0.3 is 0 Å². The van der Waals surface area contributed by atoms with E-state index in [-0.39, 0.29) is 24.1 Å². The van der Waals surface area contributed by atoms with Gasteiger partial charge in [-0.15, -0.1) is 16.8 Å². The van der Waals surface area contributed by atoms with Crippen molar-refractivity contribution in [2.24, 2.45) is 0 Å². The molecule has 166 valence electrons. The van der Waals surface area contributed by atoms with Crippen LogP contribution in [-0.2, 0) is 17.9 Å². The number of hydrogen-bond acceptors (Lipinski definition) is 6. The number of nitrogens with zero attached hydrogens (tertiary/aromatic N) is 3. The van der Waals surface area contributed by atoms with Crippen LogP contribution in [0.4, 0.5) is 5.69 Å². The number of benzene rings is 2. The zero-order chi connectivity index (χ0) is 23.1. The predicted molar refractivity (Wildman–Crippen MR) is 127 cm³/mol. The number of ketones is 1. The summed E-state index contributed by atoms with van der Waals surface area (Å²) in [4.78, 5) is 23.7. The number of hydrogen-bond donors (Lipinski definition) is 1. The minimum absolute atomic E-state index is 0.0222. The number of amides is 1. The highest BCUT2D eigenvalue weighted by atomic mass is 35.5. The fraction of sp³-hybridized carbons (Fsp3) is 0.217. The van der Waals surface area contributed by atoms with E-state index in [9.17, 15) is 9.59 Å². The first kappa shape index (κ1) is 23.6. The third kappa shape index (κ3) is 6.21. The van der Waals surface area contributed by atoms with Gasteiger partial charge in [0, 0.05) is 22.8 Å². The number of thioether (sulfide) groups is 1. The number of anilines is 1. The lowest BCUT2D eigenvalue weighted by molar-refractivity contribution is -0.113. The smallest absolute Gasteiger partial charge is 0.234 e. The fourth-order valence-electron chi connectivity index (χ4n) is 2.88. The highest BCUT2D eigenvalue weighted by Gasteiger charge is 2.15. The molecule has 0 bridgehead atoms. The van der Waals surface area contributed by atoms with Crippen LogP contribution >= 0.6 is 23.4 Å². The minimum atomic E-state index is -0.187. The van der Waals surface area contributed by atoms with Gasteiger partial charge in [0.1, 0.15) is 12.4 Å². The van der Waals surface area contributed by atoms with E-state index in [0.29, 0.717) is 39.5 Å². The van der Waals surface area contributed by atoms with E-state index in [1.807, 2.05) is 23.6 Å². The molecular weight excluding hydrogens is 448 g/mol. The van der Waals surface area contributed by atoms with Crippen LogP contribution in [-0.4, -0.2) is 32.2 Å². The van der Waals surface area contributed by atoms with E-state index in [4.69, 9.17) is 16.3 Å². The topological polar surface area (TPSA) is 86.1 Å². The number of allylic oxidation sites excluding steroid dienone is 1. The van der Waals surface area contributed by atoms with E-state index in [0.717, 1.165) is 5.56 Å². The molecule has 0 spiro atoms. The summed E-state index contributed by atoms with van der Waals surface area (Å²) in [5.41, 5.74) is 2.15. The monoisotopic (exact) mass is 470 g/mol. The zero-order valence-electron chi connectivity index (χ0n) is 17.8. The van der Waals surface area contributed by atoms with E-state index in [1.54, 1.807) is 36.4 Å². The summed E-state index contributed by atoms with van der Waals surface area (Å²) in [6, 6.07) is 12.2. The molecule has 0 fully saturated rings. The van der Waals surface area contributed by atoms with Gasteiger partial charge in [-0.3, -0.25) is 14.2 Å². The van der Waals surface area contributed by atoms with Crippen LogP contribution in [0, 0.1) is 6.92 Å². The van der Waals surface area contributed by atoms with Gasteiger partial charge in [0.25, 0.3) is 0 Å². The summed E-state index contributed by atoms with van der Waals surface area (Å²) in [6.45, 7) is 7.91. The lowest BCUT2D eigenvalue weighted by Crippen LogP contribution is -2.15. The molecule has 1 heterocycles. The number of ether oxygens (including phenoxy) is 1. The van der Waals surface area contributed by atoms with E-state index in [2.05, 4.69) is 22.1 Å². The molecule has 7 nitrogen and oxygen atoms in total. The third-order valence-corrected chi connectivity index (χ3v) is 5.71. The lowest BCUT2D eigenvalue weighted by atomic mass is 10.1. The second-order valence-electron chi connectivity index (χ2n) is 6.97. The van der Waals surface area contributed by atoms with Gasteiger partial charge < -0.3 is 10.1 Å². The van der Waals surface area contributed by atoms with Crippen molar-refractivity contribution >= 4 is 40.7 Å². The number of carbonyl (C=O) groups excluding carboxylic acids is 2. The number of nitrogens with one attached hydrogen (secondary N) is 1. The molecule has 3 rings (SSSR count). The molecule has 1 N–H and O–H groups in total. The van der Waals surface area contributed by atoms with E-state index in [1.165, 1.54) is 18.7 Å². The van der Waals surface area contributed by atoms with Crippen LogP contribution < -0.4 is 10.1 Å². The maximum atomic E-state index is 12.3. The van der Waals surface area contributed by atoms with Gasteiger partial charge in [-0.25, -0.2) is 0 Å². The van der Waals surface area contributed by atoms with Crippen molar-refractivity contribution in [3.05, 3.63) is 77.1 Å². The van der Waals surface area contributed by atoms with Gasteiger partial charge in [-0.2, -0.15) is 0 Å². The van der Waals surface area contributed by atoms with Crippen molar-refractivity contribution in [3.8, 4) is 5.75 Å². The highest BCUT2D eigenvalue weighted by molar-refractivity contribution is 7.99. The first-order valence-corrected chi connectivity index (χ1v) is 11.2. The molecular formula is C23H23ClN4O3S. The van der Waals surface area contributed by atoms with Crippen molar-refractivity contribution in [1.29, 1.82) is 0 Å². The Morgan fingerprint density at radius 2 is 1.97 bits per heavy atom. The van der Waals surface area contributed by atoms with Crippen LogP contribution in [0.3, 0.4) is 0 Å². The highest BCUT2D eigenvalue weighted by Crippen LogP contribution is 2.24. The standard InChI is InChI=1S/C23H23ClN4O3S/c1-4-11-28-21(13-31-20-10-7-18(24)12-15(20)2)26-27-23(28)32-14-22(30)25-19-8-5-17(6-9-19)16(3)29/h4-10,12H,1,11,13-14H2,2-3H3,(H,25,30). The fourth-order valence-corrected chi connectivity index (χ4v) is 3.87. The van der Waals surface area contributed by atoms with Crippen molar-refractivity contribution in [2.45, 2.75) is 32.2 Å². The Balaban J connectivity index is 1.61. The van der Waals surface area contributed by atoms with Crippen molar-refractivity contribution < 1.29 is 14.3 Å². The second kappa shape index (κ2) is 11.0. The summed E-state index contributed by atoms with van der Waals surface area (Å²) in [7, 11) is 0. The Labute approximate surface area is 195 Å². The van der Waals surface area contributed by atoms with Crippen LogP contribution in [0.2, 0.25) is 5.02 Å². The molecule has 3 aromatic rings. The van der Waals surface area contributed by atoms with Gasteiger partial charge in [-0.1, -0.05) is 29.4 Å². The second-order valence-corrected chi connectivity index (χ2v) is 8.35. The first-order valence-electron chi connectivity index (χ1n) is 9.83. The van der Waals surface area contributed by atoms with Crippen LogP contribution in [0.25, 0.3) is 0 Å². The predicted octanol–water partition coefficient (Wildman–Crippen LogP) is 4.94. The summed E-state index contributed by atoms with van der Waals surface area (Å²) in [5, 5.41) is 12.5. The third-order valence-electron chi connectivity index (χ3n) is 4.51. The molecule has 1 aromatic heterocycles. The Bertz CT molecular complexity index is 1130. The summed E-state index contributed by atoms with van der Waals surface area (Å²) >= 11 is 7.27. The summed E-state index contributed by atoms with van der Waals surface area (Å²) in [6.07, 6.45) is 1.74. The molecule has 1 amide bonds. The van der Waals surface area contributed by atoms with E-state index >= 15 is 0 Å². The van der Waals surface area contributed by atoms with Crippen LogP contribution in [0.15, 0.2) is 60.3 Å². The first-order chi connectivity index (χ1) is 15.4. The number of halogens is 1. The molecule has 0 aliphatic carbocycles. The Kier molecular flexibility index (Phi) is 8.08. The number of Topliss-reactive ketones (excluding diaryl/α,β-unsaturated/α-hetero) is 1. The molecule has 0 aliphatic heterocycles. The summed E-state index contributed by atoms with van der Waals surface area (Å²) in [5.74, 6) is 1.29. The minimum Gasteiger partial charge on any atom is -0.485 e. The molecule has 9 heteroatoms.